The van der Waals surface area contributed by atoms with Crippen molar-refractivity contribution in [3.05, 3.63) is 58.3 Å². The van der Waals surface area contributed by atoms with Crippen molar-refractivity contribution >= 4 is 21.4 Å². The van der Waals surface area contributed by atoms with Gasteiger partial charge in [-0.2, -0.15) is 11.3 Å². The third kappa shape index (κ3) is 4.93. The van der Waals surface area contributed by atoms with Crippen molar-refractivity contribution in [2.75, 3.05) is 12.3 Å². The molecule has 2 aromatic rings. The Hall–Kier alpha value is -1.21. The van der Waals surface area contributed by atoms with E-state index in [0.29, 0.717) is 6.42 Å². The molecular formula is C15H19NO3S2. The molecule has 0 aliphatic heterocycles. The van der Waals surface area contributed by atoms with Crippen LogP contribution in [0.25, 0.3) is 0 Å². The van der Waals surface area contributed by atoms with Crippen LogP contribution < -0.4 is 4.72 Å². The van der Waals surface area contributed by atoms with Gasteiger partial charge >= 0.3 is 0 Å². The smallest absolute Gasteiger partial charge is 0.212 e. The van der Waals surface area contributed by atoms with Crippen molar-refractivity contribution in [1.29, 1.82) is 0 Å². The molecule has 4 nitrogen and oxygen atoms in total. The van der Waals surface area contributed by atoms with Gasteiger partial charge in [-0.05, 0) is 41.3 Å². The van der Waals surface area contributed by atoms with Crippen LogP contribution in [0, 0.1) is 0 Å². The summed E-state index contributed by atoms with van der Waals surface area (Å²) in [5.41, 5.74) is 0.505. The maximum atomic E-state index is 12.0. The van der Waals surface area contributed by atoms with Crippen molar-refractivity contribution in [1.82, 2.24) is 4.72 Å². The molecule has 0 bridgehead atoms. The quantitative estimate of drug-likeness (QED) is 0.819. The zero-order chi connectivity index (χ0) is 15.3. The van der Waals surface area contributed by atoms with Gasteiger partial charge in [0.25, 0.3) is 0 Å². The number of benzene rings is 1. The van der Waals surface area contributed by atoms with Gasteiger partial charge in [0, 0.05) is 6.54 Å². The molecule has 0 spiro atoms. The lowest BCUT2D eigenvalue weighted by Gasteiger charge is -2.22. The fraction of sp³-hybridized carbons (Fsp3) is 0.333. The predicted molar refractivity (Wildman–Crippen MR) is 85.8 cm³/mol. The van der Waals surface area contributed by atoms with Gasteiger partial charge in [0.15, 0.2) is 0 Å². The molecule has 0 aliphatic carbocycles. The number of aryl methyl sites for hydroxylation is 1. The lowest BCUT2D eigenvalue weighted by atomic mass is 10.0. The van der Waals surface area contributed by atoms with Crippen LogP contribution in [-0.4, -0.2) is 25.8 Å². The summed E-state index contributed by atoms with van der Waals surface area (Å²) in [4.78, 5) is 0. The third-order valence-corrected chi connectivity index (χ3v) is 5.29. The van der Waals surface area contributed by atoms with Gasteiger partial charge in [-0.3, -0.25) is 0 Å². The topological polar surface area (TPSA) is 66.4 Å². The first-order valence-electron chi connectivity index (χ1n) is 6.65. The third-order valence-electron chi connectivity index (χ3n) is 3.28. The van der Waals surface area contributed by atoms with E-state index in [2.05, 4.69) is 4.72 Å². The Labute approximate surface area is 129 Å². The monoisotopic (exact) mass is 325 g/mol. The average molecular weight is 325 g/mol. The van der Waals surface area contributed by atoms with E-state index in [1.54, 1.807) is 13.0 Å². The van der Waals surface area contributed by atoms with Crippen molar-refractivity contribution in [3.63, 3.8) is 0 Å². The first-order valence-corrected chi connectivity index (χ1v) is 9.25. The second kappa shape index (κ2) is 6.70. The second-order valence-electron chi connectivity index (χ2n) is 5.16. The van der Waals surface area contributed by atoms with Crippen LogP contribution >= 0.6 is 11.3 Å². The molecule has 1 unspecified atom stereocenters. The molecule has 1 heterocycles. The zero-order valence-electron chi connectivity index (χ0n) is 11.8. The normalized spacial score (nSPS) is 14.8. The SMILES string of the molecule is CC(O)(CNS(=O)(=O)CCc1ccccc1)c1ccsc1. The molecular weight excluding hydrogens is 306 g/mol. The zero-order valence-corrected chi connectivity index (χ0v) is 13.5. The minimum atomic E-state index is -3.41. The van der Waals surface area contributed by atoms with Crippen LogP contribution in [0.2, 0.25) is 0 Å². The molecule has 114 valence electrons. The predicted octanol–water partition coefficient (Wildman–Crippen LogP) is 2.12. The maximum absolute atomic E-state index is 12.0. The lowest BCUT2D eigenvalue weighted by Crippen LogP contribution is -2.39. The molecule has 0 aliphatic rings. The highest BCUT2D eigenvalue weighted by molar-refractivity contribution is 7.89. The molecule has 21 heavy (non-hydrogen) atoms. The molecule has 6 heteroatoms. The Morgan fingerprint density at radius 1 is 1.24 bits per heavy atom. The Bertz CT molecular complexity index is 649. The van der Waals surface area contributed by atoms with Gasteiger partial charge in [-0.15, -0.1) is 0 Å². The van der Waals surface area contributed by atoms with Crippen LogP contribution in [-0.2, 0) is 22.0 Å². The second-order valence-corrected chi connectivity index (χ2v) is 7.87. The lowest BCUT2D eigenvalue weighted by molar-refractivity contribution is 0.0632. The molecule has 2 N–H and O–H groups in total. The first-order chi connectivity index (χ1) is 9.89. The number of thiophene rings is 1. The largest absolute Gasteiger partial charge is 0.384 e. The Morgan fingerprint density at radius 3 is 2.57 bits per heavy atom. The van der Waals surface area contributed by atoms with Gasteiger partial charge in [-0.25, -0.2) is 13.1 Å². The molecule has 0 amide bonds. The highest BCUT2D eigenvalue weighted by atomic mass is 32.2. The summed E-state index contributed by atoms with van der Waals surface area (Å²) in [7, 11) is -3.41. The van der Waals surface area contributed by atoms with E-state index in [-0.39, 0.29) is 12.3 Å². The number of sulfonamides is 1. The summed E-state index contributed by atoms with van der Waals surface area (Å²) in [5.74, 6) is 0.0106. The Morgan fingerprint density at radius 2 is 1.95 bits per heavy atom. The van der Waals surface area contributed by atoms with Crippen molar-refractivity contribution in [2.24, 2.45) is 0 Å². The number of hydrogen-bond donors (Lipinski definition) is 2. The van der Waals surface area contributed by atoms with Gasteiger partial charge in [-0.1, -0.05) is 30.3 Å². The van der Waals surface area contributed by atoms with Gasteiger partial charge in [0.05, 0.1) is 5.75 Å². The summed E-state index contributed by atoms with van der Waals surface area (Å²) < 4.78 is 26.5. The highest BCUT2D eigenvalue weighted by Gasteiger charge is 2.25. The summed E-state index contributed by atoms with van der Waals surface area (Å²) >= 11 is 1.47. The fourth-order valence-electron chi connectivity index (χ4n) is 1.89. The number of rotatable bonds is 7. The van der Waals surface area contributed by atoms with Crippen molar-refractivity contribution in [2.45, 2.75) is 18.9 Å². The number of nitrogens with one attached hydrogen (secondary N) is 1. The van der Waals surface area contributed by atoms with E-state index < -0.39 is 15.6 Å². The van der Waals surface area contributed by atoms with Gasteiger partial charge < -0.3 is 5.11 Å². The molecule has 1 aromatic heterocycles. The van der Waals surface area contributed by atoms with E-state index in [0.717, 1.165) is 11.1 Å². The standard InChI is InChI=1S/C15H19NO3S2/c1-15(17,14-7-9-20-11-14)12-16-21(18,19)10-8-13-5-3-2-4-6-13/h2-7,9,11,16-17H,8,10,12H2,1H3. The van der Waals surface area contributed by atoms with Crippen LogP contribution in [0.4, 0.5) is 0 Å². The molecule has 2 rings (SSSR count). The van der Waals surface area contributed by atoms with E-state index in [1.807, 2.05) is 41.1 Å². The van der Waals surface area contributed by atoms with Gasteiger partial charge in [0.2, 0.25) is 10.0 Å². The van der Waals surface area contributed by atoms with Crippen LogP contribution in [0.5, 0.6) is 0 Å². The molecule has 0 fully saturated rings. The first kappa shape index (κ1) is 16.2. The van der Waals surface area contributed by atoms with Crippen molar-refractivity contribution in [3.8, 4) is 0 Å². The Kier molecular flexibility index (Phi) is 5.16. The Balaban J connectivity index is 1.89. The summed E-state index contributed by atoms with van der Waals surface area (Å²) in [6.45, 7) is 1.58. The molecule has 1 aromatic carbocycles. The fourth-order valence-corrected chi connectivity index (χ4v) is 3.83. The van der Waals surface area contributed by atoms with E-state index in [9.17, 15) is 13.5 Å². The van der Waals surface area contributed by atoms with E-state index >= 15 is 0 Å². The van der Waals surface area contributed by atoms with E-state index in [4.69, 9.17) is 0 Å². The average Bonchev–Trinajstić information content (AvgIpc) is 3.00. The molecule has 0 saturated carbocycles. The van der Waals surface area contributed by atoms with Crippen molar-refractivity contribution < 1.29 is 13.5 Å². The minimum absolute atomic E-state index is 0.0106. The maximum Gasteiger partial charge on any atom is 0.212 e. The molecule has 0 saturated heterocycles. The summed E-state index contributed by atoms with van der Waals surface area (Å²) in [6.07, 6.45) is 0.455. The van der Waals surface area contributed by atoms with Gasteiger partial charge in [0.1, 0.15) is 5.60 Å². The highest BCUT2D eigenvalue weighted by Crippen LogP contribution is 2.22. The van der Waals surface area contributed by atoms with Crippen LogP contribution in [0.15, 0.2) is 47.2 Å². The summed E-state index contributed by atoms with van der Waals surface area (Å²) in [6, 6.07) is 11.3. The summed E-state index contributed by atoms with van der Waals surface area (Å²) in [5, 5.41) is 14.0. The van der Waals surface area contributed by atoms with Crippen LogP contribution in [0.1, 0.15) is 18.1 Å². The minimum Gasteiger partial charge on any atom is -0.384 e. The number of hydrogen-bond acceptors (Lipinski definition) is 4. The number of aliphatic hydroxyl groups is 1. The van der Waals surface area contributed by atoms with Crippen LogP contribution in [0.3, 0.4) is 0 Å². The van der Waals surface area contributed by atoms with E-state index in [1.165, 1.54) is 11.3 Å². The molecule has 1 atom stereocenters. The molecule has 0 radical (unpaired) electrons.